The van der Waals surface area contributed by atoms with Crippen LogP contribution in [0.4, 0.5) is 0 Å². The molecule has 0 heterocycles. The summed E-state index contributed by atoms with van der Waals surface area (Å²) in [5.41, 5.74) is -0.722. The predicted octanol–water partition coefficient (Wildman–Crippen LogP) is 1.52. The molecule has 0 aromatic heterocycles. The normalized spacial score (nSPS) is 10.4. The zero-order valence-electron chi connectivity index (χ0n) is 14.4. The Labute approximate surface area is 147 Å². The molecule has 0 aliphatic rings. The number of carbonyl (C=O) groups excluding carboxylic acids is 3. The zero-order valence-corrected chi connectivity index (χ0v) is 14.4. The van der Waals surface area contributed by atoms with E-state index in [1.807, 2.05) is 6.92 Å². The first-order chi connectivity index (χ1) is 11.9. The first kappa shape index (κ1) is 22.6. The highest BCUT2D eigenvalue weighted by Gasteiger charge is 2.31. The van der Waals surface area contributed by atoms with E-state index in [0.717, 1.165) is 18.2 Å². The van der Waals surface area contributed by atoms with Gasteiger partial charge in [0.2, 0.25) is 0 Å². The van der Waals surface area contributed by atoms with Crippen LogP contribution in [0.2, 0.25) is 0 Å². The van der Waals surface area contributed by atoms with Gasteiger partial charge in [0.1, 0.15) is 6.61 Å². The van der Waals surface area contributed by atoms with Crippen LogP contribution in [-0.2, 0) is 38.1 Å². The van der Waals surface area contributed by atoms with E-state index in [-0.39, 0.29) is 33.4 Å². The lowest BCUT2D eigenvalue weighted by atomic mass is 9.88. The first-order valence-electron chi connectivity index (χ1n) is 7.46. The summed E-state index contributed by atoms with van der Waals surface area (Å²) >= 11 is 0. The molecule has 0 saturated carbocycles. The fraction of sp³-hybridized carbons (Fsp3) is 0.471. The van der Waals surface area contributed by atoms with E-state index in [1.54, 1.807) is 0 Å². The highest BCUT2D eigenvalue weighted by molar-refractivity contribution is 5.81. The topological polar surface area (TPSA) is 97.4 Å². The number of ether oxygens (including phenoxy) is 5. The lowest BCUT2D eigenvalue weighted by molar-refractivity contribution is -0.167. The van der Waals surface area contributed by atoms with Crippen molar-refractivity contribution < 1.29 is 38.1 Å². The molecule has 0 atom stereocenters. The molecule has 0 aromatic carbocycles. The van der Waals surface area contributed by atoms with Crippen LogP contribution in [0.25, 0.3) is 0 Å². The van der Waals surface area contributed by atoms with E-state index >= 15 is 0 Å². The van der Waals surface area contributed by atoms with E-state index in [0.29, 0.717) is 6.42 Å². The smallest absolute Gasteiger partial charge is 0.332 e. The summed E-state index contributed by atoms with van der Waals surface area (Å²) in [7, 11) is 0. The van der Waals surface area contributed by atoms with Crippen LogP contribution in [0.15, 0.2) is 38.0 Å². The van der Waals surface area contributed by atoms with Crippen LogP contribution in [0.5, 0.6) is 0 Å². The van der Waals surface area contributed by atoms with Gasteiger partial charge in [-0.3, -0.25) is 0 Å². The molecule has 8 nitrogen and oxygen atoms in total. The Morgan fingerprint density at radius 1 is 0.760 bits per heavy atom. The highest BCUT2D eigenvalue weighted by Crippen LogP contribution is 2.24. The number of hydrogen-bond donors (Lipinski definition) is 0. The molecule has 0 unspecified atom stereocenters. The van der Waals surface area contributed by atoms with Crippen LogP contribution in [-0.4, -0.2) is 51.3 Å². The lowest BCUT2D eigenvalue weighted by Crippen LogP contribution is -2.38. The van der Waals surface area contributed by atoms with Crippen molar-refractivity contribution >= 4 is 17.9 Å². The highest BCUT2D eigenvalue weighted by atomic mass is 16.7. The quantitative estimate of drug-likeness (QED) is 0.152. The van der Waals surface area contributed by atoms with Gasteiger partial charge >= 0.3 is 17.9 Å². The van der Waals surface area contributed by atoms with Crippen molar-refractivity contribution in [3.63, 3.8) is 0 Å². The predicted molar refractivity (Wildman–Crippen MR) is 88.1 cm³/mol. The maximum atomic E-state index is 11.3. The Hall–Kier alpha value is -2.45. The average Bonchev–Trinajstić information content (AvgIpc) is 2.64. The van der Waals surface area contributed by atoms with Crippen molar-refractivity contribution in [3.05, 3.63) is 38.0 Å². The summed E-state index contributed by atoms with van der Waals surface area (Å²) in [4.78, 5) is 33.3. The molecule has 8 heteroatoms. The van der Waals surface area contributed by atoms with Gasteiger partial charge in [0.05, 0.1) is 18.6 Å². The van der Waals surface area contributed by atoms with Gasteiger partial charge in [0, 0.05) is 18.2 Å². The van der Waals surface area contributed by atoms with Crippen molar-refractivity contribution in [2.24, 2.45) is 5.41 Å². The minimum absolute atomic E-state index is 0.0147. The maximum absolute atomic E-state index is 11.3. The third kappa shape index (κ3) is 10.1. The number of carbonyl (C=O) groups is 3. The molecule has 0 spiro atoms. The summed E-state index contributed by atoms with van der Waals surface area (Å²) in [6.07, 6.45) is 3.58. The van der Waals surface area contributed by atoms with Gasteiger partial charge in [-0.1, -0.05) is 26.7 Å². The summed E-state index contributed by atoms with van der Waals surface area (Å²) in [5.74, 6) is -1.82. The summed E-state index contributed by atoms with van der Waals surface area (Å²) in [6, 6.07) is 0. The summed E-state index contributed by atoms with van der Waals surface area (Å²) in [6.45, 7) is 11.3. The SMILES string of the molecule is C=CC(=O)OCOCC(CC)(COCOC(=O)C=C)COC(=O)C=C. The summed E-state index contributed by atoms with van der Waals surface area (Å²) < 4.78 is 25.2. The molecule has 0 bridgehead atoms. The second kappa shape index (κ2) is 12.9. The molecule has 25 heavy (non-hydrogen) atoms. The van der Waals surface area contributed by atoms with Crippen LogP contribution in [0, 0.1) is 5.41 Å². The molecule has 0 aromatic rings. The van der Waals surface area contributed by atoms with E-state index in [1.165, 1.54) is 0 Å². The fourth-order valence-electron chi connectivity index (χ4n) is 1.55. The third-order valence-corrected chi connectivity index (χ3v) is 3.16. The van der Waals surface area contributed by atoms with E-state index in [4.69, 9.17) is 23.7 Å². The van der Waals surface area contributed by atoms with Crippen molar-refractivity contribution in [2.75, 3.05) is 33.4 Å². The molecule has 0 radical (unpaired) electrons. The molecule has 0 rings (SSSR count). The van der Waals surface area contributed by atoms with Crippen molar-refractivity contribution in [1.29, 1.82) is 0 Å². The Morgan fingerprint density at radius 2 is 1.16 bits per heavy atom. The van der Waals surface area contributed by atoms with Crippen LogP contribution >= 0.6 is 0 Å². The van der Waals surface area contributed by atoms with Crippen LogP contribution in [0.1, 0.15) is 13.3 Å². The van der Waals surface area contributed by atoms with Gasteiger partial charge in [0.15, 0.2) is 13.6 Å². The monoisotopic (exact) mass is 356 g/mol. The van der Waals surface area contributed by atoms with Crippen molar-refractivity contribution in [3.8, 4) is 0 Å². The average molecular weight is 356 g/mol. The van der Waals surface area contributed by atoms with Gasteiger partial charge < -0.3 is 23.7 Å². The Kier molecular flexibility index (Phi) is 11.6. The fourth-order valence-corrected chi connectivity index (χ4v) is 1.55. The lowest BCUT2D eigenvalue weighted by Gasteiger charge is -2.31. The molecule has 0 amide bonds. The van der Waals surface area contributed by atoms with Gasteiger partial charge in [0.25, 0.3) is 0 Å². The second-order valence-corrected chi connectivity index (χ2v) is 4.93. The number of rotatable bonds is 14. The van der Waals surface area contributed by atoms with Crippen molar-refractivity contribution in [1.82, 2.24) is 0 Å². The Bertz CT molecular complexity index is 455. The van der Waals surface area contributed by atoms with E-state index < -0.39 is 23.3 Å². The Morgan fingerprint density at radius 3 is 1.52 bits per heavy atom. The molecule has 0 aliphatic heterocycles. The molecule has 140 valence electrons. The molecular formula is C17H24O8. The number of esters is 3. The minimum Gasteiger partial charge on any atom is -0.462 e. The summed E-state index contributed by atoms with van der Waals surface area (Å²) in [5, 5.41) is 0. The zero-order chi connectivity index (χ0) is 19.1. The first-order valence-corrected chi connectivity index (χ1v) is 7.46. The standard InChI is InChI=1S/C17H24O8/c1-5-14(18)23-11-17(8-4,9-21-12-24-15(19)6-2)10-22-13-25-16(20)7-3/h5-7H,1-3,8-13H2,4H3. The van der Waals surface area contributed by atoms with Gasteiger partial charge in [-0.15, -0.1) is 0 Å². The van der Waals surface area contributed by atoms with Crippen LogP contribution < -0.4 is 0 Å². The minimum atomic E-state index is -0.722. The molecule has 0 N–H and O–H groups in total. The maximum Gasteiger partial charge on any atom is 0.332 e. The van der Waals surface area contributed by atoms with E-state index in [9.17, 15) is 14.4 Å². The molecule has 0 fully saturated rings. The van der Waals surface area contributed by atoms with Gasteiger partial charge in [-0.2, -0.15) is 0 Å². The second-order valence-electron chi connectivity index (χ2n) is 4.93. The number of hydrogen-bond acceptors (Lipinski definition) is 8. The van der Waals surface area contributed by atoms with Crippen molar-refractivity contribution in [2.45, 2.75) is 13.3 Å². The molecular weight excluding hydrogens is 332 g/mol. The van der Waals surface area contributed by atoms with Gasteiger partial charge in [-0.05, 0) is 6.42 Å². The third-order valence-electron chi connectivity index (χ3n) is 3.16. The Balaban J connectivity index is 4.62. The molecule has 0 aliphatic carbocycles. The van der Waals surface area contributed by atoms with Gasteiger partial charge in [-0.25, -0.2) is 14.4 Å². The van der Waals surface area contributed by atoms with Crippen LogP contribution in [0.3, 0.4) is 0 Å². The largest absolute Gasteiger partial charge is 0.462 e. The molecule has 0 saturated heterocycles. The van der Waals surface area contributed by atoms with E-state index in [2.05, 4.69) is 19.7 Å².